The summed E-state index contributed by atoms with van der Waals surface area (Å²) in [5.41, 5.74) is 1.32. The maximum Gasteiger partial charge on any atom is 0.224 e. The molecule has 0 saturated carbocycles. The minimum Gasteiger partial charge on any atom is -0.497 e. The van der Waals surface area contributed by atoms with E-state index in [1.54, 1.807) is 7.11 Å². The predicted octanol–water partition coefficient (Wildman–Crippen LogP) is 5.32. The number of hydrogen-bond acceptors (Lipinski definition) is 3. The zero-order valence-corrected chi connectivity index (χ0v) is 14.8. The lowest BCUT2D eigenvalue weighted by Crippen LogP contribution is -2.12. The fraction of sp³-hybridized carbons (Fsp3) is 0.150. The Hall–Kier alpha value is -2.79. The van der Waals surface area contributed by atoms with Crippen LogP contribution in [0.25, 0.3) is 11.3 Å². The number of carbonyl (C=O) groups is 1. The SMILES string of the molecule is COc1ccc(-c2ccc(CCC(=O)Nc3ccc(F)cc3Cl)o2)cc1. The number of benzene rings is 2. The molecule has 0 bridgehead atoms. The summed E-state index contributed by atoms with van der Waals surface area (Å²) in [6.07, 6.45) is 0.671. The maximum absolute atomic E-state index is 13.0. The molecule has 0 atom stereocenters. The van der Waals surface area contributed by atoms with Crippen molar-refractivity contribution in [2.45, 2.75) is 12.8 Å². The van der Waals surface area contributed by atoms with Crippen LogP contribution in [0.1, 0.15) is 12.2 Å². The van der Waals surface area contributed by atoms with E-state index in [9.17, 15) is 9.18 Å². The van der Waals surface area contributed by atoms with E-state index in [0.29, 0.717) is 17.9 Å². The van der Waals surface area contributed by atoms with Crippen LogP contribution in [0.5, 0.6) is 5.75 Å². The van der Waals surface area contributed by atoms with E-state index in [4.69, 9.17) is 20.8 Å². The highest BCUT2D eigenvalue weighted by molar-refractivity contribution is 6.33. The van der Waals surface area contributed by atoms with Crippen molar-refractivity contribution in [2.75, 3.05) is 12.4 Å². The Morgan fingerprint density at radius 1 is 1.15 bits per heavy atom. The van der Waals surface area contributed by atoms with Crippen LogP contribution < -0.4 is 10.1 Å². The van der Waals surface area contributed by atoms with E-state index in [0.717, 1.165) is 23.1 Å². The van der Waals surface area contributed by atoms with Gasteiger partial charge in [0.1, 0.15) is 23.1 Å². The molecule has 1 heterocycles. The van der Waals surface area contributed by atoms with E-state index in [1.807, 2.05) is 36.4 Å². The van der Waals surface area contributed by atoms with Gasteiger partial charge in [-0.3, -0.25) is 4.79 Å². The fourth-order valence-corrected chi connectivity index (χ4v) is 2.68. The molecule has 0 saturated heterocycles. The van der Waals surface area contributed by atoms with Gasteiger partial charge >= 0.3 is 0 Å². The van der Waals surface area contributed by atoms with Gasteiger partial charge in [0.15, 0.2) is 0 Å². The third kappa shape index (κ3) is 4.43. The van der Waals surface area contributed by atoms with Gasteiger partial charge < -0.3 is 14.5 Å². The lowest BCUT2D eigenvalue weighted by molar-refractivity contribution is -0.116. The highest BCUT2D eigenvalue weighted by atomic mass is 35.5. The smallest absolute Gasteiger partial charge is 0.224 e. The summed E-state index contributed by atoms with van der Waals surface area (Å²) in [5.74, 6) is 1.54. The number of ether oxygens (including phenoxy) is 1. The Balaban J connectivity index is 1.58. The number of anilines is 1. The summed E-state index contributed by atoms with van der Waals surface area (Å²) in [5, 5.41) is 2.83. The molecule has 0 radical (unpaired) electrons. The highest BCUT2D eigenvalue weighted by Gasteiger charge is 2.10. The summed E-state index contributed by atoms with van der Waals surface area (Å²) < 4.78 is 23.9. The third-order valence-electron chi connectivity index (χ3n) is 3.84. The number of methoxy groups -OCH3 is 1. The molecule has 1 aromatic heterocycles. The van der Waals surface area contributed by atoms with Gasteiger partial charge in [0.2, 0.25) is 5.91 Å². The lowest BCUT2D eigenvalue weighted by atomic mass is 10.2. The molecule has 0 spiro atoms. The topological polar surface area (TPSA) is 51.5 Å². The monoisotopic (exact) mass is 373 g/mol. The van der Waals surface area contributed by atoms with Crippen molar-refractivity contribution >= 4 is 23.2 Å². The van der Waals surface area contributed by atoms with Crippen molar-refractivity contribution in [3.8, 4) is 17.1 Å². The maximum atomic E-state index is 13.0. The standard InChI is InChI=1S/C20H17ClFNO3/c1-25-15-5-2-13(3-6-15)19-10-7-16(26-19)8-11-20(24)23-18-9-4-14(22)12-17(18)21/h2-7,9-10,12H,8,11H2,1H3,(H,23,24). The quantitative estimate of drug-likeness (QED) is 0.636. The number of halogens is 2. The average Bonchev–Trinajstić information content (AvgIpc) is 3.11. The summed E-state index contributed by atoms with van der Waals surface area (Å²) in [6.45, 7) is 0. The van der Waals surface area contributed by atoms with Crippen LogP contribution in [-0.2, 0) is 11.2 Å². The largest absolute Gasteiger partial charge is 0.497 e. The van der Waals surface area contributed by atoms with E-state index >= 15 is 0 Å². The van der Waals surface area contributed by atoms with Crippen molar-refractivity contribution < 1.29 is 18.3 Å². The molecule has 0 fully saturated rings. The molecule has 0 aliphatic rings. The molecule has 3 rings (SSSR count). The lowest BCUT2D eigenvalue weighted by Gasteiger charge is -2.06. The minimum atomic E-state index is -0.449. The molecule has 4 nitrogen and oxygen atoms in total. The van der Waals surface area contributed by atoms with E-state index in [2.05, 4.69) is 5.32 Å². The molecule has 134 valence electrons. The number of furan rings is 1. The summed E-state index contributed by atoms with van der Waals surface area (Å²) in [6, 6.07) is 15.1. The predicted molar refractivity (Wildman–Crippen MR) is 99.1 cm³/mol. The zero-order valence-electron chi connectivity index (χ0n) is 14.1. The normalized spacial score (nSPS) is 10.6. The van der Waals surface area contributed by atoms with Gasteiger partial charge in [-0.05, 0) is 54.6 Å². The summed E-state index contributed by atoms with van der Waals surface area (Å²) in [7, 11) is 1.62. The van der Waals surface area contributed by atoms with Crippen LogP contribution in [0.3, 0.4) is 0 Å². The Morgan fingerprint density at radius 2 is 1.92 bits per heavy atom. The molecule has 3 aromatic rings. The van der Waals surface area contributed by atoms with Gasteiger partial charge in [-0.15, -0.1) is 0 Å². The molecule has 0 aliphatic carbocycles. The van der Waals surface area contributed by atoms with Crippen LogP contribution in [0.15, 0.2) is 59.0 Å². The molecular formula is C20H17ClFNO3. The molecule has 0 aliphatic heterocycles. The molecule has 2 aromatic carbocycles. The van der Waals surface area contributed by atoms with Gasteiger partial charge in [-0.25, -0.2) is 4.39 Å². The van der Waals surface area contributed by atoms with Crippen molar-refractivity contribution in [1.29, 1.82) is 0 Å². The first-order valence-corrected chi connectivity index (χ1v) is 8.41. The summed E-state index contributed by atoms with van der Waals surface area (Å²) >= 11 is 5.90. The number of amides is 1. The van der Waals surface area contributed by atoms with Gasteiger partial charge in [-0.2, -0.15) is 0 Å². The second-order valence-corrected chi connectivity index (χ2v) is 6.07. The number of hydrogen-bond donors (Lipinski definition) is 1. The van der Waals surface area contributed by atoms with E-state index < -0.39 is 5.82 Å². The van der Waals surface area contributed by atoms with Crippen LogP contribution >= 0.6 is 11.6 Å². The van der Waals surface area contributed by atoms with Crippen molar-refractivity contribution in [3.63, 3.8) is 0 Å². The molecule has 0 unspecified atom stereocenters. The Kier molecular flexibility index (Phi) is 5.58. The Labute approximate surface area is 155 Å². The second-order valence-electron chi connectivity index (χ2n) is 5.67. The molecule has 1 amide bonds. The first kappa shape index (κ1) is 18.0. The van der Waals surface area contributed by atoms with Crippen molar-refractivity contribution in [3.05, 3.63) is 71.2 Å². The van der Waals surface area contributed by atoms with Crippen molar-refractivity contribution in [2.24, 2.45) is 0 Å². The van der Waals surface area contributed by atoms with Crippen LogP contribution in [0, 0.1) is 5.82 Å². The first-order chi connectivity index (χ1) is 12.5. The fourth-order valence-electron chi connectivity index (χ4n) is 2.46. The van der Waals surface area contributed by atoms with Crippen LogP contribution in [-0.4, -0.2) is 13.0 Å². The molecule has 6 heteroatoms. The molecule has 26 heavy (non-hydrogen) atoms. The first-order valence-electron chi connectivity index (χ1n) is 8.03. The Morgan fingerprint density at radius 3 is 2.62 bits per heavy atom. The van der Waals surface area contributed by atoms with Gasteiger partial charge in [0.25, 0.3) is 0 Å². The number of aryl methyl sites for hydroxylation is 1. The zero-order chi connectivity index (χ0) is 18.5. The van der Waals surface area contributed by atoms with Gasteiger partial charge in [-0.1, -0.05) is 11.6 Å². The van der Waals surface area contributed by atoms with Crippen LogP contribution in [0.4, 0.5) is 10.1 Å². The molecule has 1 N–H and O–H groups in total. The van der Waals surface area contributed by atoms with Crippen molar-refractivity contribution in [1.82, 2.24) is 0 Å². The molecular weight excluding hydrogens is 357 g/mol. The number of nitrogens with one attached hydrogen (secondary N) is 1. The number of rotatable bonds is 6. The van der Waals surface area contributed by atoms with E-state index in [1.165, 1.54) is 12.1 Å². The average molecular weight is 374 g/mol. The van der Waals surface area contributed by atoms with Gasteiger partial charge in [0.05, 0.1) is 17.8 Å². The number of carbonyl (C=O) groups excluding carboxylic acids is 1. The summed E-state index contributed by atoms with van der Waals surface area (Å²) in [4.78, 5) is 12.1. The van der Waals surface area contributed by atoms with Crippen LogP contribution in [0.2, 0.25) is 5.02 Å². The van der Waals surface area contributed by atoms with Gasteiger partial charge in [0, 0.05) is 18.4 Å². The highest BCUT2D eigenvalue weighted by Crippen LogP contribution is 2.25. The second kappa shape index (κ2) is 8.06. The Bertz CT molecular complexity index is 906. The van der Waals surface area contributed by atoms with E-state index in [-0.39, 0.29) is 17.4 Å². The third-order valence-corrected chi connectivity index (χ3v) is 4.15. The minimum absolute atomic E-state index is 0.165.